The molecule has 0 aliphatic carbocycles. The molecule has 0 fully saturated rings. The second-order valence-electron chi connectivity index (χ2n) is 3.00. The summed E-state index contributed by atoms with van der Waals surface area (Å²) in [7, 11) is -2.38. The van der Waals surface area contributed by atoms with Crippen LogP contribution in [0.2, 0.25) is 0 Å². The van der Waals surface area contributed by atoms with Crippen LogP contribution in [0.4, 0.5) is 26.3 Å². The van der Waals surface area contributed by atoms with Crippen molar-refractivity contribution in [3.05, 3.63) is 23.4 Å². The number of aromatic nitrogens is 1. The van der Waals surface area contributed by atoms with Crippen molar-refractivity contribution in [1.82, 2.24) is 4.98 Å². The van der Waals surface area contributed by atoms with Gasteiger partial charge in [0.2, 0.25) is 0 Å². The van der Waals surface area contributed by atoms with Gasteiger partial charge in [-0.25, -0.2) is 0 Å². The molecular weight excluding hydrogens is 255 g/mol. The summed E-state index contributed by atoms with van der Waals surface area (Å²) < 4.78 is 73.6. The third-order valence-corrected chi connectivity index (χ3v) is 1.76. The molecule has 1 aromatic heterocycles. The van der Waals surface area contributed by atoms with Gasteiger partial charge < -0.3 is 10.0 Å². The van der Waals surface area contributed by atoms with Crippen molar-refractivity contribution in [2.75, 3.05) is 0 Å². The number of halogens is 6. The molecule has 0 bridgehead atoms. The molecule has 1 rings (SSSR count). The summed E-state index contributed by atoms with van der Waals surface area (Å²) in [5, 5.41) is 17.1. The quantitative estimate of drug-likeness (QED) is 0.579. The van der Waals surface area contributed by atoms with E-state index in [-0.39, 0.29) is 6.07 Å². The molecule has 3 nitrogen and oxygen atoms in total. The molecule has 94 valence electrons. The van der Waals surface area contributed by atoms with E-state index in [9.17, 15) is 26.3 Å². The Labute approximate surface area is 90.9 Å². The van der Waals surface area contributed by atoms with Crippen LogP contribution in [0.25, 0.3) is 0 Å². The minimum atomic E-state index is -5.34. The number of hydrogen-bond donors (Lipinski definition) is 2. The summed E-state index contributed by atoms with van der Waals surface area (Å²) in [6.45, 7) is 0. The molecule has 0 spiro atoms. The van der Waals surface area contributed by atoms with Crippen LogP contribution in [0.5, 0.6) is 0 Å². The molecule has 17 heavy (non-hydrogen) atoms. The van der Waals surface area contributed by atoms with E-state index in [0.29, 0.717) is 6.07 Å². The van der Waals surface area contributed by atoms with Crippen molar-refractivity contribution >= 4 is 12.7 Å². The van der Waals surface area contributed by atoms with Crippen LogP contribution in [-0.2, 0) is 12.4 Å². The standard InChI is InChI=1S/C7H4BF6NO2/c9-6(10,11)3-1-2-4(8(16)17)15-5(3)7(12,13)14/h1-2,16-17H. The van der Waals surface area contributed by atoms with Gasteiger partial charge in [-0.15, -0.1) is 0 Å². The summed E-state index contributed by atoms with van der Waals surface area (Å²) in [5.74, 6) is 0. The van der Waals surface area contributed by atoms with E-state index in [2.05, 4.69) is 4.98 Å². The monoisotopic (exact) mass is 259 g/mol. The molecule has 10 heteroatoms. The fourth-order valence-electron chi connectivity index (χ4n) is 1.06. The third-order valence-electron chi connectivity index (χ3n) is 1.76. The van der Waals surface area contributed by atoms with Gasteiger partial charge in [-0.3, -0.25) is 4.98 Å². The van der Waals surface area contributed by atoms with Crippen molar-refractivity contribution < 1.29 is 36.4 Å². The van der Waals surface area contributed by atoms with Gasteiger partial charge in [0.25, 0.3) is 0 Å². The first kappa shape index (κ1) is 13.8. The highest BCUT2D eigenvalue weighted by Crippen LogP contribution is 2.38. The fraction of sp³-hybridized carbons (Fsp3) is 0.286. The van der Waals surface area contributed by atoms with E-state index in [0.717, 1.165) is 0 Å². The average Bonchev–Trinajstić information content (AvgIpc) is 2.14. The zero-order valence-corrected chi connectivity index (χ0v) is 7.84. The molecule has 0 saturated carbocycles. The molecule has 0 aliphatic heterocycles. The van der Waals surface area contributed by atoms with E-state index in [4.69, 9.17) is 10.0 Å². The molecule has 0 unspecified atom stereocenters. The van der Waals surface area contributed by atoms with Gasteiger partial charge in [-0.05, 0) is 12.1 Å². The molecule has 0 atom stereocenters. The van der Waals surface area contributed by atoms with Gasteiger partial charge in [0.15, 0.2) is 5.69 Å². The molecule has 0 saturated heterocycles. The van der Waals surface area contributed by atoms with Crippen LogP contribution in [0.15, 0.2) is 12.1 Å². The molecule has 1 aromatic rings. The maximum Gasteiger partial charge on any atom is 0.508 e. The molecule has 0 radical (unpaired) electrons. The van der Waals surface area contributed by atoms with Gasteiger partial charge in [0.1, 0.15) is 0 Å². The molecule has 2 N–H and O–H groups in total. The minimum Gasteiger partial charge on any atom is -0.422 e. The Bertz CT molecular complexity index is 416. The number of pyridine rings is 1. The Balaban J connectivity index is 3.43. The van der Waals surface area contributed by atoms with Gasteiger partial charge in [0, 0.05) is 0 Å². The third kappa shape index (κ3) is 3.10. The minimum absolute atomic E-state index is 0.102. The van der Waals surface area contributed by atoms with Crippen LogP contribution < -0.4 is 5.59 Å². The Hall–Kier alpha value is -1.29. The molecule has 0 amide bonds. The van der Waals surface area contributed by atoms with Crippen LogP contribution >= 0.6 is 0 Å². The highest BCUT2D eigenvalue weighted by atomic mass is 19.4. The zero-order chi connectivity index (χ0) is 13.4. The normalized spacial score (nSPS) is 12.7. The Morgan fingerprint density at radius 1 is 0.941 bits per heavy atom. The van der Waals surface area contributed by atoms with E-state index in [1.54, 1.807) is 0 Å². The van der Waals surface area contributed by atoms with Crippen LogP contribution in [0, 0.1) is 0 Å². The fourth-order valence-corrected chi connectivity index (χ4v) is 1.06. The average molecular weight is 259 g/mol. The number of alkyl halides is 6. The molecule has 0 aliphatic rings. The summed E-state index contributed by atoms with van der Waals surface area (Å²) in [4.78, 5) is 2.56. The van der Waals surface area contributed by atoms with Crippen molar-refractivity contribution in [2.45, 2.75) is 12.4 Å². The lowest BCUT2D eigenvalue weighted by Gasteiger charge is -2.15. The Kier molecular flexibility index (Phi) is 3.39. The first-order valence-electron chi connectivity index (χ1n) is 4.05. The summed E-state index contributed by atoms with van der Waals surface area (Å²) in [6, 6.07) is 0.563. The first-order chi connectivity index (χ1) is 7.53. The first-order valence-corrected chi connectivity index (χ1v) is 4.05. The maximum atomic E-state index is 12.3. The van der Waals surface area contributed by atoms with Crippen molar-refractivity contribution in [1.29, 1.82) is 0 Å². The summed E-state index contributed by atoms with van der Waals surface area (Å²) >= 11 is 0. The number of nitrogens with zero attached hydrogens (tertiary/aromatic N) is 1. The van der Waals surface area contributed by atoms with E-state index in [1.165, 1.54) is 0 Å². The highest BCUT2D eigenvalue weighted by molar-refractivity contribution is 6.57. The van der Waals surface area contributed by atoms with Crippen molar-refractivity contribution in [3.8, 4) is 0 Å². The molecular formula is C7H4BF6NO2. The molecule has 0 aromatic carbocycles. The predicted molar refractivity (Wildman–Crippen MR) is 44.1 cm³/mol. The van der Waals surface area contributed by atoms with Crippen molar-refractivity contribution in [2.24, 2.45) is 0 Å². The lowest BCUT2D eigenvalue weighted by atomic mass is 9.85. The van der Waals surface area contributed by atoms with E-state index < -0.39 is 36.3 Å². The SMILES string of the molecule is OB(O)c1ccc(C(F)(F)F)c(C(F)(F)F)n1. The highest BCUT2D eigenvalue weighted by Gasteiger charge is 2.45. The van der Waals surface area contributed by atoms with Crippen molar-refractivity contribution in [3.63, 3.8) is 0 Å². The second-order valence-corrected chi connectivity index (χ2v) is 3.00. The van der Waals surface area contributed by atoms with Gasteiger partial charge in [-0.1, -0.05) is 0 Å². The van der Waals surface area contributed by atoms with Crippen LogP contribution in [0.1, 0.15) is 11.3 Å². The largest absolute Gasteiger partial charge is 0.508 e. The topological polar surface area (TPSA) is 53.4 Å². The lowest BCUT2D eigenvalue weighted by molar-refractivity contribution is -0.164. The predicted octanol–water partition coefficient (Wildman–Crippen LogP) is 0.799. The van der Waals surface area contributed by atoms with Gasteiger partial charge >= 0.3 is 19.5 Å². The summed E-state index contributed by atoms with van der Waals surface area (Å²) in [5.41, 5.74) is -5.09. The maximum absolute atomic E-state index is 12.3. The Morgan fingerprint density at radius 2 is 1.47 bits per heavy atom. The lowest BCUT2D eigenvalue weighted by Crippen LogP contribution is -2.35. The van der Waals surface area contributed by atoms with Crippen LogP contribution in [0.3, 0.4) is 0 Å². The smallest absolute Gasteiger partial charge is 0.422 e. The van der Waals surface area contributed by atoms with Crippen LogP contribution in [-0.4, -0.2) is 22.2 Å². The summed E-state index contributed by atoms with van der Waals surface area (Å²) in [6.07, 6.45) is -10.6. The number of rotatable bonds is 1. The zero-order valence-electron chi connectivity index (χ0n) is 7.84. The molecule has 1 heterocycles. The van der Waals surface area contributed by atoms with E-state index in [1.807, 2.05) is 0 Å². The van der Waals surface area contributed by atoms with Gasteiger partial charge in [0.05, 0.1) is 11.2 Å². The second kappa shape index (κ2) is 4.19. The number of hydrogen-bond acceptors (Lipinski definition) is 3. The Morgan fingerprint density at radius 3 is 1.82 bits per heavy atom. The van der Waals surface area contributed by atoms with Gasteiger partial charge in [-0.2, -0.15) is 26.3 Å². The van der Waals surface area contributed by atoms with E-state index >= 15 is 0 Å².